The molecule has 30 heavy (non-hydrogen) atoms. The fourth-order valence-corrected chi connectivity index (χ4v) is 4.49. The number of rotatable bonds is 8. The Hall–Kier alpha value is -2.46. The fraction of sp³-hybridized carbons (Fsp3) is 0.333. The second-order valence-corrected chi connectivity index (χ2v) is 8.15. The summed E-state index contributed by atoms with van der Waals surface area (Å²) in [5, 5.41) is 12.3. The third kappa shape index (κ3) is 4.99. The molecule has 4 rings (SSSR count). The van der Waals surface area contributed by atoms with Gasteiger partial charge in [0, 0.05) is 25.6 Å². The van der Waals surface area contributed by atoms with Crippen LogP contribution < -0.4 is 0 Å². The van der Waals surface area contributed by atoms with Gasteiger partial charge in [0.05, 0.1) is 18.8 Å². The third-order valence-corrected chi connectivity index (χ3v) is 6.23. The van der Waals surface area contributed by atoms with E-state index in [9.17, 15) is 5.11 Å². The maximum Gasteiger partial charge on any atom is 0.0980 e. The van der Waals surface area contributed by atoms with Gasteiger partial charge in [-0.05, 0) is 29.5 Å². The molecule has 0 unspecified atom stereocenters. The summed E-state index contributed by atoms with van der Waals surface area (Å²) < 4.78 is 5.56. The highest BCUT2D eigenvalue weighted by Crippen LogP contribution is 2.41. The number of aliphatic hydroxyl groups is 1. The predicted molar refractivity (Wildman–Crippen MR) is 122 cm³/mol. The highest BCUT2D eigenvalue weighted by Gasteiger charge is 2.40. The molecule has 3 aromatic carbocycles. The number of morpholine rings is 1. The first-order valence-corrected chi connectivity index (χ1v) is 10.9. The summed E-state index contributed by atoms with van der Waals surface area (Å²) in [5.74, 6) is -0.0251. The van der Waals surface area contributed by atoms with Gasteiger partial charge in [0.25, 0.3) is 0 Å². The minimum atomic E-state index is -0.962. The topological polar surface area (TPSA) is 32.7 Å². The average molecular weight is 402 g/mol. The molecule has 1 heterocycles. The van der Waals surface area contributed by atoms with Gasteiger partial charge in [0.15, 0.2) is 0 Å². The van der Waals surface area contributed by atoms with Crippen LogP contribution in [0.2, 0.25) is 0 Å². The monoisotopic (exact) mass is 401 g/mol. The number of hydrogen-bond acceptors (Lipinski definition) is 3. The zero-order valence-electron chi connectivity index (χ0n) is 17.5. The molecule has 0 saturated carbocycles. The minimum absolute atomic E-state index is 0.0251. The van der Waals surface area contributed by atoms with Crippen molar-refractivity contribution in [1.82, 2.24) is 4.90 Å². The predicted octanol–water partition coefficient (Wildman–Crippen LogP) is 4.62. The molecule has 0 bridgehead atoms. The molecule has 0 radical (unpaired) electrons. The van der Waals surface area contributed by atoms with E-state index >= 15 is 0 Å². The van der Waals surface area contributed by atoms with Gasteiger partial charge in [0.2, 0.25) is 0 Å². The Kier molecular flexibility index (Phi) is 6.96. The molecule has 0 aromatic heterocycles. The molecule has 1 aliphatic heterocycles. The van der Waals surface area contributed by atoms with Gasteiger partial charge in [0.1, 0.15) is 0 Å². The molecule has 1 saturated heterocycles. The first-order chi connectivity index (χ1) is 14.8. The zero-order valence-corrected chi connectivity index (χ0v) is 17.5. The summed E-state index contributed by atoms with van der Waals surface area (Å²) in [7, 11) is 0. The average Bonchev–Trinajstić information content (AvgIpc) is 2.83. The summed E-state index contributed by atoms with van der Waals surface area (Å²) in [6.45, 7) is 4.15. The third-order valence-electron chi connectivity index (χ3n) is 6.23. The Morgan fingerprint density at radius 3 is 2.00 bits per heavy atom. The van der Waals surface area contributed by atoms with Crippen LogP contribution in [0.1, 0.15) is 29.0 Å². The van der Waals surface area contributed by atoms with Crippen LogP contribution in [0.3, 0.4) is 0 Å². The SMILES string of the molecule is O[C@](CCc1ccccc1)(c1ccccc1)[C@H](CN1CCOCC1)c1ccccc1. The molecule has 156 valence electrons. The number of aryl methyl sites for hydroxylation is 1. The molecule has 2 atom stereocenters. The van der Waals surface area contributed by atoms with Gasteiger partial charge < -0.3 is 9.84 Å². The maximum atomic E-state index is 12.3. The van der Waals surface area contributed by atoms with Crippen LogP contribution in [-0.2, 0) is 16.8 Å². The zero-order chi connectivity index (χ0) is 20.7. The number of ether oxygens (including phenoxy) is 1. The lowest BCUT2D eigenvalue weighted by Crippen LogP contribution is -2.45. The minimum Gasteiger partial charge on any atom is -0.384 e. The quantitative estimate of drug-likeness (QED) is 0.598. The van der Waals surface area contributed by atoms with Crippen molar-refractivity contribution >= 4 is 0 Å². The van der Waals surface area contributed by atoms with Crippen LogP contribution in [0, 0.1) is 0 Å². The van der Waals surface area contributed by atoms with E-state index in [0.29, 0.717) is 6.42 Å². The van der Waals surface area contributed by atoms with Crippen LogP contribution in [0.5, 0.6) is 0 Å². The number of hydrogen-bond donors (Lipinski definition) is 1. The van der Waals surface area contributed by atoms with Crippen LogP contribution in [-0.4, -0.2) is 42.9 Å². The number of nitrogens with zero attached hydrogens (tertiary/aromatic N) is 1. The van der Waals surface area contributed by atoms with E-state index in [-0.39, 0.29) is 5.92 Å². The van der Waals surface area contributed by atoms with Gasteiger partial charge in [-0.1, -0.05) is 91.0 Å². The lowest BCUT2D eigenvalue weighted by Gasteiger charge is -2.41. The van der Waals surface area contributed by atoms with E-state index in [4.69, 9.17) is 4.74 Å². The molecular formula is C27H31NO2. The number of benzene rings is 3. The largest absolute Gasteiger partial charge is 0.384 e. The molecular weight excluding hydrogens is 370 g/mol. The second-order valence-electron chi connectivity index (χ2n) is 8.15. The summed E-state index contributed by atoms with van der Waals surface area (Å²) in [4.78, 5) is 2.43. The normalized spacial score (nSPS) is 17.9. The van der Waals surface area contributed by atoms with E-state index in [2.05, 4.69) is 65.6 Å². The Balaban J connectivity index is 1.70. The molecule has 0 amide bonds. The van der Waals surface area contributed by atoms with Gasteiger partial charge >= 0.3 is 0 Å². The summed E-state index contributed by atoms with van der Waals surface area (Å²) in [6.07, 6.45) is 1.50. The molecule has 3 heteroatoms. The van der Waals surface area contributed by atoms with Gasteiger partial charge in [-0.25, -0.2) is 0 Å². The summed E-state index contributed by atoms with van der Waals surface area (Å²) in [5.41, 5.74) is 2.47. The maximum absolute atomic E-state index is 12.3. The Morgan fingerprint density at radius 2 is 1.37 bits per heavy atom. The van der Waals surface area contributed by atoms with Gasteiger partial charge in [-0.15, -0.1) is 0 Å². The van der Waals surface area contributed by atoms with Crippen molar-refractivity contribution < 1.29 is 9.84 Å². The van der Waals surface area contributed by atoms with Crippen LogP contribution in [0.25, 0.3) is 0 Å². The van der Waals surface area contributed by atoms with Crippen molar-refractivity contribution in [3.05, 3.63) is 108 Å². The summed E-state index contributed by atoms with van der Waals surface area (Å²) >= 11 is 0. The molecule has 1 fully saturated rings. The molecule has 3 aromatic rings. The Bertz CT molecular complexity index is 879. The molecule has 0 aliphatic carbocycles. The lowest BCUT2D eigenvalue weighted by molar-refractivity contribution is -0.0279. The molecule has 3 nitrogen and oxygen atoms in total. The van der Waals surface area contributed by atoms with Crippen LogP contribution in [0.4, 0.5) is 0 Å². The van der Waals surface area contributed by atoms with E-state index in [0.717, 1.165) is 44.8 Å². The van der Waals surface area contributed by atoms with Crippen molar-refractivity contribution in [3.8, 4) is 0 Å². The smallest absolute Gasteiger partial charge is 0.0980 e. The Labute approximate surface area is 179 Å². The van der Waals surface area contributed by atoms with Gasteiger partial charge in [-0.3, -0.25) is 4.90 Å². The van der Waals surface area contributed by atoms with E-state index in [1.807, 2.05) is 30.3 Å². The fourth-order valence-electron chi connectivity index (χ4n) is 4.49. The highest BCUT2D eigenvalue weighted by atomic mass is 16.5. The Morgan fingerprint density at radius 1 is 0.800 bits per heavy atom. The first-order valence-electron chi connectivity index (χ1n) is 10.9. The van der Waals surface area contributed by atoms with E-state index in [1.54, 1.807) is 0 Å². The summed E-state index contributed by atoms with van der Waals surface area (Å²) in [6, 6.07) is 31.2. The van der Waals surface area contributed by atoms with E-state index < -0.39 is 5.60 Å². The van der Waals surface area contributed by atoms with Crippen molar-refractivity contribution in [2.75, 3.05) is 32.8 Å². The highest BCUT2D eigenvalue weighted by molar-refractivity contribution is 5.32. The van der Waals surface area contributed by atoms with Crippen molar-refractivity contribution in [1.29, 1.82) is 0 Å². The van der Waals surface area contributed by atoms with Gasteiger partial charge in [-0.2, -0.15) is 0 Å². The lowest BCUT2D eigenvalue weighted by atomic mass is 9.73. The first kappa shape index (κ1) is 20.8. The molecule has 0 spiro atoms. The standard InChI is InChI=1S/C27H31NO2/c29-27(25-14-8-3-9-15-25,17-16-23-10-4-1-5-11-23)26(24-12-6-2-7-13-24)22-28-18-20-30-21-19-28/h1-15,26,29H,16-22H2/t26-,27-/m1/s1. The molecule has 1 N–H and O–H groups in total. The molecule has 1 aliphatic rings. The van der Waals surface area contributed by atoms with E-state index in [1.165, 1.54) is 11.1 Å². The van der Waals surface area contributed by atoms with Crippen LogP contribution in [0.15, 0.2) is 91.0 Å². The van der Waals surface area contributed by atoms with Crippen molar-refractivity contribution in [2.45, 2.75) is 24.4 Å². The second kappa shape index (κ2) is 10.0. The van der Waals surface area contributed by atoms with Crippen molar-refractivity contribution in [3.63, 3.8) is 0 Å². The van der Waals surface area contributed by atoms with Crippen LogP contribution >= 0.6 is 0 Å². The van der Waals surface area contributed by atoms with Crippen molar-refractivity contribution in [2.24, 2.45) is 0 Å².